The molecule has 140 valence electrons. The van der Waals surface area contributed by atoms with Gasteiger partial charge in [0, 0.05) is 39.8 Å². The van der Waals surface area contributed by atoms with Gasteiger partial charge < -0.3 is 15.0 Å². The predicted molar refractivity (Wildman–Crippen MR) is 110 cm³/mol. The number of rotatable bonds is 5. The van der Waals surface area contributed by atoms with Gasteiger partial charge in [0.15, 0.2) is 5.96 Å². The third kappa shape index (κ3) is 5.46. The lowest BCUT2D eigenvalue weighted by molar-refractivity contribution is 0.0372. The van der Waals surface area contributed by atoms with Crippen molar-refractivity contribution in [3.05, 3.63) is 0 Å². The van der Waals surface area contributed by atoms with Crippen LogP contribution >= 0.6 is 24.0 Å². The van der Waals surface area contributed by atoms with E-state index < -0.39 is 0 Å². The van der Waals surface area contributed by atoms with Crippen LogP contribution in [0.2, 0.25) is 0 Å². The topological polar surface area (TPSA) is 40.1 Å². The van der Waals surface area contributed by atoms with Crippen LogP contribution in [0.5, 0.6) is 0 Å². The van der Waals surface area contributed by atoms with Crippen molar-refractivity contribution in [2.45, 2.75) is 44.9 Å². The number of nitrogens with zero attached hydrogens (tertiary/aromatic N) is 3. The first-order valence-electron chi connectivity index (χ1n) is 9.57. The molecule has 0 aromatic rings. The molecule has 3 aliphatic rings. The fourth-order valence-electron chi connectivity index (χ4n) is 4.47. The van der Waals surface area contributed by atoms with E-state index in [0.717, 1.165) is 38.8 Å². The van der Waals surface area contributed by atoms with Gasteiger partial charge in [0.05, 0.1) is 13.2 Å². The molecule has 0 aromatic carbocycles. The number of halogens is 1. The maximum absolute atomic E-state index is 5.39. The quantitative estimate of drug-likeness (QED) is 0.303. The highest BCUT2D eigenvalue weighted by atomic mass is 127. The Balaban J connectivity index is 0.00000208. The summed E-state index contributed by atoms with van der Waals surface area (Å²) in [5.74, 6) is 1.13. The minimum atomic E-state index is 0. The Morgan fingerprint density at radius 1 is 1.08 bits per heavy atom. The lowest BCUT2D eigenvalue weighted by atomic mass is 9.86. The summed E-state index contributed by atoms with van der Waals surface area (Å²) in [4.78, 5) is 9.53. The van der Waals surface area contributed by atoms with Gasteiger partial charge >= 0.3 is 0 Å². The highest BCUT2D eigenvalue weighted by Gasteiger charge is 2.40. The van der Waals surface area contributed by atoms with Crippen molar-refractivity contribution in [2.75, 3.05) is 59.5 Å². The predicted octanol–water partition coefficient (Wildman–Crippen LogP) is 2.56. The first kappa shape index (κ1) is 20.2. The molecule has 1 spiro atoms. The van der Waals surface area contributed by atoms with Crippen LogP contribution < -0.4 is 5.32 Å². The number of unbranched alkanes of at least 4 members (excludes halogenated alkanes) is 1. The summed E-state index contributed by atoms with van der Waals surface area (Å²) in [6.45, 7) is 8.67. The van der Waals surface area contributed by atoms with E-state index in [1.54, 1.807) is 0 Å². The monoisotopic (exact) mass is 450 g/mol. The summed E-state index contributed by atoms with van der Waals surface area (Å²) < 4.78 is 5.39. The van der Waals surface area contributed by atoms with Crippen LogP contribution in [-0.4, -0.2) is 75.3 Å². The zero-order chi connectivity index (χ0) is 16.0. The second-order valence-corrected chi connectivity index (χ2v) is 7.51. The first-order valence-corrected chi connectivity index (χ1v) is 9.57. The van der Waals surface area contributed by atoms with E-state index in [9.17, 15) is 0 Å². The van der Waals surface area contributed by atoms with Gasteiger partial charge in [-0.2, -0.15) is 0 Å². The summed E-state index contributed by atoms with van der Waals surface area (Å²) in [5, 5.41) is 3.59. The molecule has 6 heteroatoms. The molecule has 0 radical (unpaired) electrons. The molecule has 0 atom stereocenters. The average molecular weight is 450 g/mol. The van der Waals surface area contributed by atoms with E-state index in [1.807, 2.05) is 7.05 Å². The van der Waals surface area contributed by atoms with Gasteiger partial charge in [-0.05, 0) is 44.1 Å². The highest BCUT2D eigenvalue weighted by molar-refractivity contribution is 14.0. The molecule has 1 aliphatic carbocycles. The van der Waals surface area contributed by atoms with Crippen LogP contribution in [0.3, 0.4) is 0 Å². The molecular formula is C18H35IN4O. The van der Waals surface area contributed by atoms with Crippen LogP contribution in [0.1, 0.15) is 44.9 Å². The van der Waals surface area contributed by atoms with Crippen LogP contribution in [0.4, 0.5) is 0 Å². The third-order valence-corrected chi connectivity index (χ3v) is 5.90. The fourth-order valence-corrected chi connectivity index (χ4v) is 4.47. The Kier molecular flexibility index (Phi) is 8.57. The van der Waals surface area contributed by atoms with Crippen LogP contribution in [-0.2, 0) is 4.74 Å². The molecule has 24 heavy (non-hydrogen) atoms. The second-order valence-electron chi connectivity index (χ2n) is 7.51. The van der Waals surface area contributed by atoms with Gasteiger partial charge in [-0.25, -0.2) is 0 Å². The smallest absolute Gasteiger partial charge is 0.193 e. The van der Waals surface area contributed by atoms with Gasteiger partial charge in [0.1, 0.15) is 0 Å². The van der Waals surface area contributed by atoms with Crippen LogP contribution in [0.15, 0.2) is 4.99 Å². The third-order valence-electron chi connectivity index (χ3n) is 5.90. The number of hydrogen-bond acceptors (Lipinski definition) is 3. The van der Waals surface area contributed by atoms with E-state index in [4.69, 9.17) is 4.74 Å². The minimum Gasteiger partial charge on any atom is -0.379 e. The van der Waals surface area contributed by atoms with Crippen molar-refractivity contribution in [1.82, 2.24) is 15.1 Å². The van der Waals surface area contributed by atoms with E-state index >= 15 is 0 Å². The fraction of sp³-hybridized carbons (Fsp3) is 0.944. The summed E-state index contributed by atoms with van der Waals surface area (Å²) in [5.41, 5.74) is 0.619. The Bertz CT molecular complexity index is 392. The lowest BCUT2D eigenvalue weighted by Crippen LogP contribution is -2.41. The molecule has 3 rings (SSSR count). The van der Waals surface area contributed by atoms with Crippen molar-refractivity contribution >= 4 is 29.9 Å². The second kappa shape index (κ2) is 10.2. The molecule has 2 saturated heterocycles. The minimum absolute atomic E-state index is 0. The highest BCUT2D eigenvalue weighted by Crippen LogP contribution is 2.45. The normalized spacial score (nSPS) is 24.4. The Morgan fingerprint density at radius 2 is 1.83 bits per heavy atom. The largest absolute Gasteiger partial charge is 0.379 e. The Morgan fingerprint density at radius 3 is 2.54 bits per heavy atom. The van der Waals surface area contributed by atoms with Gasteiger partial charge in [-0.1, -0.05) is 12.8 Å². The number of guanidine groups is 1. The molecule has 2 heterocycles. The maximum Gasteiger partial charge on any atom is 0.193 e. The van der Waals surface area contributed by atoms with Gasteiger partial charge in [0.25, 0.3) is 0 Å². The number of ether oxygens (including phenoxy) is 1. The van der Waals surface area contributed by atoms with Crippen molar-refractivity contribution < 1.29 is 4.74 Å². The standard InChI is InChI=1S/C18H34N4O.HI/c1-19-17(22-11-8-18(16-22)6-2-3-7-18)20-9-4-5-10-21-12-14-23-15-13-21;/h2-16H2,1H3,(H,19,20);1H. The summed E-state index contributed by atoms with van der Waals surface area (Å²) in [7, 11) is 1.93. The van der Waals surface area contributed by atoms with E-state index in [1.165, 1.54) is 64.6 Å². The molecule has 3 fully saturated rings. The van der Waals surface area contributed by atoms with Gasteiger partial charge in [-0.15, -0.1) is 24.0 Å². The molecule has 0 bridgehead atoms. The van der Waals surface area contributed by atoms with Crippen molar-refractivity contribution in [2.24, 2.45) is 10.4 Å². The van der Waals surface area contributed by atoms with Gasteiger partial charge in [-0.3, -0.25) is 9.89 Å². The average Bonchev–Trinajstić information content (AvgIpc) is 3.22. The summed E-state index contributed by atoms with van der Waals surface area (Å²) in [6, 6.07) is 0. The van der Waals surface area contributed by atoms with Crippen LogP contribution in [0.25, 0.3) is 0 Å². The maximum atomic E-state index is 5.39. The zero-order valence-electron chi connectivity index (χ0n) is 15.3. The first-order chi connectivity index (χ1) is 11.3. The van der Waals surface area contributed by atoms with E-state index in [2.05, 4.69) is 20.1 Å². The van der Waals surface area contributed by atoms with E-state index in [-0.39, 0.29) is 24.0 Å². The Hall–Kier alpha value is -0.0800. The van der Waals surface area contributed by atoms with Crippen molar-refractivity contribution in [3.8, 4) is 0 Å². The van der Waals surface area contributed by atoms with Crippen LogP contribution in [0, 0.1) is 5.41 Å². The molecule has 1 saturated carbocycles. The molecule has 0 amide bonds. The molecule has 1 N–H and O–H groups in total. The van der Waals surface area contributed by atoms with Crippen molar-refractivity contribution in [3.63, 3.8) is 0 Å². The number of morpholine rings is 1. The number of likely N-dealkylation sites (tertiary alicyclic amines) is 1. The van der Waals surface area contributed by atoms with Gasteiger partial charge in [0.2, 0.25) is 0 Å². The number of hydrogen-bond donors (Lipinski definition) is 1. The number of aliphatic imine (C=N–C) groups is 1. The summed E-state index contributed by atoms with van der Waals surface area (Å²) >= 11 is 0. The molecule has 2 aliphatic heterocycles. The molecule has 5 nitrogen and oxygen atoms in total. The van der Waals surface area contributed by atoms with E-state index in [0.29, 0.717) is 5.41 Å². The molecule has 0 aromatic heterocycles. The Labute approximate surface area is 164 Å². The SMILES string of the molecule is CN=C(NCCCCN1CCOCC1)N1CCC2(CCCC2)C1.I. The molecular weight excluding hydrogens is 415 g/mol. The zero-order valence-corrected chi connectivity index (χ0v) is 17.6. The molecule has 0 unspecified atom stereocenters. The number of nitrogens with one attached hydrogen (secondary N) is 1. The van der Waals surface area contributed by atoms with Crippen molar-refractivity contribution in [1.29, 1.82) is 0 Å². The lowest BCUT2D eigenvalue weighted by Gasteiger charge is -2.27. The summed E-state index contributed by atoms with van der Waals surface area (Å²) in [6.07, 6.45) is 9.57.